The molecule has 1 saturated heterocycles. The van der Waals surface area contributed by atoms with E-state index in [2.05, 4.69) is 36.1 Å². The van der Waals surface area contributed by atoms with Crippen molar-refractivity contribution in [1.82, 2.24) is 4.90 Å². The van der Waals surface area contributed by atoms with E-state index in [1.54, 1.807) is 0 Å². The summed E-state index contributed by atoms with van der Waals surface area (Å²) in [6, 6.07) is 8.76. The number of nitrogens with zero attached hydrogens (tertiary/aromatic N) is 1. The maximum Gasteiger partial charge on any atom is 0.0954 e. The summed E-state index contributed by atoms with van der Waals surface area (Å²) < 4.78 is 6.06. The molecule has 116 valence electrons. The third-order valence-corrected chi connectivity index (χ3v) is 5.32. The Hall–Kier alpha value is -0.900. The SMILES string of the molecule is CCC1CN(CC2OCCc3ccccc32)CCC1CN. The Bertz CT molecular complexity index is 462. The number of benzene rings is 1. The minimum atomic E-state index is 0.252. The lowest BCUT2D eigenvalue weighted by molar-refractivity contribution is -0.0000945. The summed E-state index contributed by atoms with van der Waals surface area (Å²) in [5.41, 5.74) is 8.79. The molecular weight excluding hydrogens is 260 g/mol. The standard InChI is InChI=1S/C18H28N2O/c1-2-14-12-20(9-7-16(14)11-19)13-18-17-6-4-3-5-15(17)8-10-21-18/h3-6,14,16,18H,2,7-13,19H2,1H3. The van der Waals surface area contributed by atoms with Crippen LogP contribution in [0.25, 0.3) is 0 Å². The summed E-state index contributed by atoms with van der Waals surface area (Å²) in [5, 5.41) is 0. The molecule has 3 rings (SSSR count). The van der Waals surface area contributed by atoms with Gasteiger partial charge in [0.05, 0.1) is 12.7 Å². The fraction of sp³-hybridized carbons (Fsp3) is 0.667. The van der Waals surface area contributed by atoms with E-state index in [4.69, 9.17) is 10.5 Å². The van der Waals surface area contributed by atoms with Crippen molar-refractivity contribution in [3.8, 4) is 0 Å². The average Bonchev–Trinajstić information content (AvgIpc) is 2.55. The molecule has 0 aromatic heterocycles. The largest absolute Gasteiger partial charge is 0.372 e. The molecule has 0 aliphatic carbocycles. The second kappa shape index (κ2) is 6.91. The van der Waals surface area contributed by atoms with Gasteiger partial charge in [-0.15, -0.1) is 0 Å². The third kappa shape index (κ3) is 3.31. The summed E-state index contributed by atoms with van der Waals surface area (Å²) in [6.45, 7) is 7.38. The molecule has 1 aromatic rings. The zero-order valence-electron chi connectivity index (χ0n) is 13.1. The van der Waals surface area contributed by atoms with Gasteiger partial charge in [0.2, 0.25) is 0 Å². The number of hydrogen-bond acceptors (Lipinski definition) is 3. The van der Waals surface area contributed by atoms with Crippen molar-refractivity contribution in [3.05, 3.63) is 35.4 Å². The van der Waals surface area contributed by atoms with E-state index in [0.717, 1.165) is 32.0 Å². The Morgan fingerprint density at radius 1 is 1.29 bits per heavy atom. The fourth-order valence-electron chi connectivity index (χ4n) is 3.96. The number of nitrogens with two attached hydrogens (primary N) is 1. The Balaban J connectivity index is 1.65. The van der Waals surface area contributed by atoms with Crippen LogP contribution in [0.1, 0.15) is 37.0 Å². The molecular formula is C18H28N2O. The predicted molar refractivity (Wildman–Crippen MR) is 86.2 cm³/mol. The zero-order valence-corrected chi connectivity index (χ0v) is 13.1. The molecule has 2 aliphatic heterocycles. The average molecular weight is 288 g/mol. The Morgan fingerprint density at radius 3 is 2.95 bits per heavy atom. The summed E-state index contributed by atoms with van der Waals surface area (Å²) in [4.78, 5) is 2.59. The van der Waals surface area contributed by atoms with Crippen LogP contribution in [0.4, 0.5) is 0 Å². The molecule has 3 nitrogen and oxygen atoms in total. The van der Waals surface area contributed by atoms with Crippen LogP contribution in [0, 0.1) is 11.8 Å². The monoisotopic (exact) mass is 288 g/mol. The highest BCUT2D eigenvalue weighted by Crippen LogP contribution is 2.31. The quantitative estimate of drug-likeness (QED) is 0.925. The van der Waals surface area contributed by atoms with Gasteiger partial charge in [-0.05, 0) is 48.9 Å². The number of fused-ring (bicyclic) bond motifs is 1. The molecule has 3 heteroatoms. The van der Waals surface area contributed by atoms with E-state index >= 15 is 0 Å². The van der Waals surface area contributed by atoms with Crippen LogP contribution in [-0.4, -0.2) is 37.7 Å². The van der Waals surface area contributed by atoms with E-state index in [-0.39, 0.29) is 6.10 Å². The van der Waals surface area contributed by atoms with Crippen LogP contribution in [0.3, 0.4) is 0 Å². The minimum absolute atomic E-state index is 0.252. The van der Waals surface area contributed by atoms with Gasteiger partial charge in [0, 0.05) is 13.1 Å². The van der Waals surface area contributed by atoms with Crippen molar-refractivity contribution in [3.63, 3.8) is 0 Å². The minimum Gasteiger partial charge on any atom is -0.372 e. The molecule has 2 N–H and O–H groups in total. The van der Waals surface area contributed by atoms with Gasteiger partial charge in [0.25, 0.3) is 0 Å². The van der Waals surface area contributed by atoms with Gasteiger partial charge in [0.1, 0.15) is 0 Å². The summed E-state index contributed by atoms with van der Waals surface area (Å²) in [7, 11) is 0. The Kier molecular flexibility index (Phi) is 4.94. The lowest BCUT2D eigenvalue weighted by Crippen LogP contribution is -2.44. The molecule has 2 heterocycles. The summed E-state index contributed by atoms with van der Waals surface area (Å²) >= 11 is 0. The fourth-order valence-corrected chi connectivity index (χ4v) is 3.96. The first-order valence-electron chi connectivity index (χ1n) is 8.43. The van der Waals surface area contributed by atoms with Crippen molar-refractivity contribution in [2.24, 2.45) is 17.6 Å². The van der Waals surface area contributed by atoms with Gasteiger partial charge in [0.15, 0.2) is 0 Å². The first-order chi connectivity index (χ1) is 10.3. The van der Waals surface area contributed by atoms with E-state index in [9.17, 15) is 0 Å². The molecule has 1 aromatic carbocycles. The van der Waals surface area contributed by atoms with Gasteiger partial charge in [-0.2, -0.15) is 0 Å². The summed E-state index contributed by atoms with van der Waals surface area (Å²) in [5.74, 6) is 1.47. The maximum absolute atomic E-state index is 6.06. The molecule has 2 aliphatic rings. The maximum atomic E-state index is 6.06. The van der Waals surface area contributed by atoms with Gasteiger partial charge < -0.3 is 15.4 Å². The Morgan fingerprint density at radius 2 is 2.14 bits per heavy atom. The van der Waals surface area contributed by atoms with Crippen molar-refractivity contribution >= 4 is 0 Å². The van der Waals surface area contributed by atoms with Crippen molar-refractivity contribution in [2.45, 2.75) is 32.3 Å². The van der Waals surface area contributed by atoms with Crippen LogP contribution in [0.5, 0.6) is 0 Å². The lowest BCUT2D eigenvalue weighted by Gasteiger charge is -2.40. The first kappa shape index (κ1) is 15.0. The van der Waals surface area contributed by atoms with Crippen molar-refractivity contribution in [2.75, 3.05) is 32.8 Å². The van der Waals surface area contributed by atoms with Gasteiger partial charge >= 0.3 is 0 Å². The topological polar surface area (TPSA) is 38.5 Å². The smallest absolute Gasteiger partial charge is 0.0954 e. The highest BCUT2D eigenvalue weighted by Gasteiger charge is 2.30. The second-order valence-corrected chi connectivity index (χ2v) is 6.52. The number of piperidine rings is 1. The van der Waals surface area contributed by atoms with E-state index < -0.39 is 0 Å². The number of ether oxygens (including phenoxy) is 1. The van der Waals surface area contributed by atoms with Gasteiger partial charge in [-0.25, -0.2) is 0 Å². The second-order valence-electron chi connectivity index (χ2n) is 6.52. The molecule has 3 atom stereocenters. The van der Waals surface area contributed by atoms with Crippen LogP contribution >= 0.6 is 0 Å². The first-order valence-corrected chi connectivity index (χ1v) is 8.43. The number of hydrogen-bond donors (Lipinski definition) is 1. The van der Waals surface area contributed by atoms with Crippen LogP contribution in [0.2, 0.25) is 0 Å². The highest BCUT2D eigenvalue weighted by atomic mass is 16.5. The molecule has 3 unspecified atom stereocenters. The molecule has 0 bridgehead atoms. The number of likely N-dealkylation sites (tertiary alicyclic amines) is 1. The van der Waals surface area contributed by atoms with Gasteiger partial charge in [-0.1, -0.05) is 37.6 Å². The number of rotatable bonds is 4. The molecule has 0 radical (unpaired) electrons. The third-order valence-electron chi connectivity index (χ3n) is 5.32. The highest BCUT2D eigenvalue weighted by molar-refractivity contribution is 5.31. The van der Waals surface area contributed by atoms with E-state index in [1.807, 2.05) is 0 Å². The normalized spacial score (nSPS) is 30.1. The van der Waals surface area contributed by atoms with Crippen LogP contribution < -0.4 is 5.73 Å². The molecule has 0 saturated carbocycles. The molecule has 21 heavy (non-hydrogen) atoms. The molecule has 0 amide bonds. The molecule has 0 spiro atoms. The van der Waals surface area contributed by atoms with E-state index in [1.165, 1.54) is 37.1 Å². The van der Waals surface area contributed by atoms with Crippen LogP contribution in [-0.2, 0) is 11.2 Å². The van der Waals surface area contributed by atoms with Gasteiger partial charge in [-0.3, -0.25) is 0 Å². The van der Waals surface area contributed by atoms with E-state index in [0.29, 0.717) is 5.92 Å². The lowest BCUT2D eigenvalue weighted by atomic mass is 9.83. The Labute approximate surface area is 128 Å². The van der Waals surface area contributed by atoms with Crippen molar-refractivity contribution in [1.29, 1.82) is 0 Å². The molecule has 1 fully saturated rings. The van der Waals surface area contributed by atoms with Crippen LogP contribution in [0.15, 0.2) is 24.3 Å². The summed E-state index contributed by atoms with van der Waals surface area (Å²) in [6.07, 6.45) is 3.78. The zero-order chi connectivity index (χ0) is 14.7. The van der Waals surface area contributed by atoms with Crippen molar-refractivity contribution < 1.29 is 4.74 Å². The predicted octanol–water partition coefficient (Wildman–Crippen LogP) is 2.61.